The molecule has 0 fully saturated rings. The Morgan fingerprint density at radius 3 is 2.57 bits per heavy atom. The fourth-order valence-corrected chi connectivity index (χ4v) is 2.14. The lowest BCUT2D eigenvalue weighted by Gasteiger charge is -2.10. The molecule has 0 atom stereocenters. The van der Waals surface area contributed by atoms with Gasteiger partial charge in [-0.1, -0.05) is 36.4 Å². The summed E-state index contributed by atoms with van der Waals surface area (Å²) in [5, 5.41) is 3.66. The highest BCUT2D eigenvalue weighted by Crippen LogP contribution is 2.23. The number of aromatic nitrogens is 1. The van der Waals surface area contributed by atoms with Crippen LogP contribution >= 0.6 is 0 Å². The van der Waals surface area contributed by atoms with Gasteiger partial charge in [0.1, 0.15) is 5.75 Å². The third kappa shape index (κ3) is 3.00. The van der Waals surface area contributed by atoms with Gasteiger partial charge in [0.05, 0.1) is 11.2 Å². The van der Waals surface area contributed by atoms with Gasteiger partial charge in [-0.25, -0.2) is 4.79 Å². The first-order valence-electron chi connectivity index (χ1n) is 6.62. The second kappa shape index (κ2) is 5.63. The molecule has 21 heavy (non-hydrogen) atoms. The summed E-state index contributed by atoms with van der Waals surface area (Å²) < 4.78 is 5.24. The van der Waals surface area contributed by atoms with Crippen molar-refractivity contribution in [3.8, 4) is 5.75 Å². The van der Waals surface area contributed by atoms with Gasteiger partial charge in [0.25, 0.3) is 0 Å². The standard InChI is InChI=1S/C17H14N2O2/c1-12-11-16(14-9-5-6-10-15(14)18-12)19-17(20)21-13-7-3-2-4-8-13/h2-11H,1H3,(H,18,19,20). The van der Waals surface area contributed by atoms with Crippen LogP contribution in [0.2, 0.25) is 0 Å². The molecule has 4 heteroatoms. The van der Waals surface area contributed by atoms with Crippen molar-refractivity contribution < 1.29 is 9.53 Å². The number of benzene rings is 2. The van der Waals surface area contributed by atoms with Crippen LogP contribution < -0.4 is 10.1 Å². The third-order valence-electron chi connectivity index (χ3n) is 3.03. The number of ether oxygens (including phenoxy) is 1. The van der Waals surface area contributed by atoms with Gasteiger partial charge >= 0.3 is 6.09 Å². The summed E-state index contributed by atoms with van der Waals surface area (Å²) in [6.07, 6.45) is -0.517. The van der Waals surface area contributed by atoms with Crippen LogP contribution in [0.3, 0.4) is 0 Å². The molecule has 1 aromatic heterocycles. The summed E-state index contributed by atoms with van der Waals surface area (Å²) >= 11 is 0. The molecule has 0 bridgehead atoms. The maximum atomic E-state index is 12.0. The molecule has 1 N–H and O–H groups in total. The molecule has 4 nitrogen and oxygen atoms in total. The normalized spacial score (nSPS) is 10.3. The number of pyridine rings is 1. The number of aryl methyl sites for hydroxylation is 1. The molecule has 0 saturated heterocycles. The van der Waals surface area contributed by atoms with Gasteiger partial charge in [0.15, 0.2) is 0 Å². The summed E-state index contributed by atoms with van der Waals surface area (Å²) in [6, 6.07) is 18.4. The van der Waals surface area contributed by atoms with Gasteiger partial charge < -0.3 is 4.74 Å². The van der Waals surface area contributed by atoms with Gasteiger partial charge in [0.2, 0.25) is 0 Å². The van der Waals surface area contributed by atoms with Crippen LogP contribution in [0.5, 0.6) is 5.75 Å². The zero-order valence-corrected chi connectivity index (χ0v) is 11.5. The van der Waals surface area contributed by atoms with Crippen LogP contribution in [0.25, 0.3) is 10.9 Å². The zero-order chi connectivity index (χ0) is 14.7. The Bertz CT molecular complexity index is 785. The number of carbonyl (C=O) groups excluding carboxylic acids is 1. The molecule has 3 rings (SSSR count). The fourth-order valence-electron chi connectivity index (χ4n) is 2.14. The number of para-hydroxylation sites is 2. The van der Waals surface area contributed by atoms with E-state index in [1.165, 1.54) is 0 Å². The Kier molecular flexibility index (Phi) is 3.51. The van der Waals surface area contributed by atoms with E-state index >= 15 is 0 Å². The molecule has 0 unspecified atom stereocenters. The minimum absolute atomic E-state index is 0.505. The van der Waals surface area contributed by atoms with Crippen molar-refractivity contribution in [1.82, 2.24) is 4.98 Å². The maximum Gasteiger partial charge on any atom is 0.417 e. The lowest BCUT2D eigenvalue weighted by atomic mass is 10.1. The van der Waals surface area contributed by atoms with Crippen LogP contribution in [0.15, 0.2) is 60.7 Å². The second-order valence-corrected chi connectivity index (χ2v) is 4.66. The number of nitrogens with zero attached hydrogens (tertiary/aromatic N) is 1. The minimum Gasteiger partial charge on any atom is -0.410 e. The number of anilines is 1. The van der Waals surface area contributed by atoms with Crippen molar-refractivity contribution >= 4 is 22.7 Å². The number of amides is 1. The van der Waals surface area contributed by atoms with Gasteiger partial charge in [-0.2, -0.15) is 0 Å². The highest BCUT2D eigenvalue weighted by atomic mass is 16.6. The van der Waals surface area contributed by atoms with Gasteiger partial charge in [-0.05, 0) is 31.2 Å². The predicted octanol–water partition coefficient (Wildman–Crippen LogP) is 4.15. The number of carbonyl (C=O) groups is 1. The van der Waals surface area contributed by atoms with Crippen LogP contribution in [0, 0.1) is 6.92 Å². The molecule has 0 aliphatic rings. The van der Waals surface area contributed by atoms with E-state index in [1.807, 2.05) is 55.5 Å². The van der Waals surface area contributed by atoms with Gasteiger partial charge in [-0.15, -0.1) is 0 Å². The Labute approximate surface area is 122 Å². The van der Waals surface area contributed by atoms with Crippen molar-refractivity contribution in [2.75, 3.05) is 5.32 Å². The monoisotopic (exact) mass is 278 g/mol. The average Bonchev–Trinajstić information content (AvgIpc) is 2.48. The van der Waals surface area contributed by atoms with Crippen LogP contribution in [0.1, 0.15) is 5.69 Å². The van der Waals surface area contributed by atoms with Crippen molar-refractivity contribution in [3.05, 3.63) is 66.4 Å². The number of rotatable bonds is 2. The lowest BCUT2D eigenvalue weighted by molar-refractivity contribution is 0.215. The Morgan fingerprint density at radius 2 is 1.76 bits per heavy atom. The SMILES string of the molecule is Cc1cc(NC(=O)Oc2ccccc2)c2ccccc2n1. The number of hydrogen-bond donors (Lipinski definition) is 1. The lowest BCUT2D eigenvalue weighted by Crippen LogP contribution is -2.17. The highest BCUT2D eigenvalue weighted by molar-refractivity contribution is 5.99. The summed E-state index contributed by atoms with van der Waals surface area (Å²) in [5.74, 6) is 0.505. The third-order valence-corrected chi connectivity index (χ3v) is 3.03. The zero-order valence-electron chi connectivity index (χ0n) is 11.5. The number of hydrogen-bond acceptors (Lipinski definition) is 3. The topological polar surface area (TPSA) is 51.2 Å². The molecule has 0 aliphatic carbocycles. The molecule has 0 spiro atoms. The van der Waals surface area contributed by atoms with E-state index in [1.54, 1.807) is 12.1 Å². The number of fused-ring (bicyclic) bond motifs is 1. The minimum atomic E-state index is -0.517. The van der Waals surface area contributed by atoms with Crippen LogP contribution in [0.4, 0.5) is 10.5 Å². The molecular weight excluding hydrogens is 264 g/mol. The molecule has 3 aromatic rings. The van der Waals surface area contributed by atoms with E-state index in [2.05, 4.69) is 10.3 Å². The average molecular weight is 278 g/mol. The van der Waals surface area contributed by atoms with Crippen molar-refractivity contribution in [2.45, 2.75) is 6.92 Å². The van der Waals surface area contributed by atoms with Crippen molar-refractivity contribution in [2.24, 2.45) is 0 Å². The first-order chi connectivity index (χ1) is 10.2. The van der Waals surface area contributed by atoms with E-state index in [0.29, 0.717) is 11.4 Å². The van der Waals surface area contributed by atoms with Crippen LogP contribution in [-0.4, -0.2) is 11.1 Å². The molecule has 0 aliphatic heterocycles. The molecule has 1 amide bonds. The van der Waals surface area contributed by atoms with Gasteiger partial charge in [-0.3, -0.25) is 10.3 Å². The predicted molar refractivity (Wildman–Crippen MR) is 82.6 cm³/mol. The van der Waals surface area contributed by atoms with E-state index in [-0.39, 0.29) is 0 Å². The number of nitrogens with one attached hydrogen (secondary N) is 1. The Hall–Kier alpha value is -2.88. The highest BCUT2D eigenvalue weighted by Gasteiger charge is 2.09. The van der Waals surface area contributed by atoms with Crippen molar-refractivity contribution in [3.63, 3.8) is 0 Å². The molecule has 104 valence electrons. The molecular formula is C17H14N2O2. The first kappa shape index (κ1) is 13.1. The largest absolute Gasteiger partial charge is 0.417 e. The fraction of sp³-hybridized carbons (Fsp3) is 0.0588. The quantitative estimate of drug-likeness (QED) is 0.766. The molecule has 1 heterocycles. The summed E-state index contributed by atoms with van der Waals surface area (Å²) in [7, 11) is 0. The maximum absolute atomic E-state index is 12.0. The Balaban J connectivity index is 1.86. The first-order valence-corrected chi connectivity index (χ1v) is 6.62. The second-order valence-electron chi connectivity index (χ2n) is 4.66. The smallest absolute Gasteiger partial charge is 0.410 e. The molecule has 2 aromatic carbocycles. The Morgan fingerprint density at radius 1 is 1.05 bits per heavy atom. The van der Waals surface area contributed by atoms with E-state index in [0.717, 1.165) is 16.6 Å². The van der Waals surface area contributed by atoms with Crippen LogP contribution in [-0.2, 0) is 0 Å². The van der Waals surface area contributed by atoms with E-state index in [9.17, 15) is 4.79 Å². The molecule has 0 radical (unpaired) electrons. The van der Waals surface area contributed by atoms with E-state index in [4.69, 9.17) is 4.74 Å². The van der Waals surface area contributed by atoms with Gasteiger partial charge in [0, 0.05) is 11.1 Å². The summed E-state index contributed by atoms with van der Waals surface area (Å²) in [6.45, 7) is 1.89. The summed E-state index contributed by atoms with van der Waals surface area (Å²) in [5.41, 5.74) is 2.37. The van der Waals surface area contributed by atoms with Crippen molar-refractivity contribution in [1.29, 1.82) is 0 Å². The molecule has 0 saturated carbocycles. The van der Waals surface area contributed by atoms with E-state index < -0.39 is 6.09 Å². The summed E-state index contributed by atoms with van der Waals surface area (Å²) in [4.78, 5) is 16.4.